The van der Waals surface area contributed by atoms with Gasteiger partial charge in [0, 0.05) is 12.1 Å². The lowest BCUT2D eigenvalue weighted by atomic mass is 9.80. The number of nitrogens with zero attached hydrogens (tertiary/aromatic N) is 2. The molecule has 4 nitrogen and oxygen atoms in total. The Morgan fingerprint density at radius 3 is 2.11 bits per heavy atom. The fourth-order valence-corrected chi connectivity index (χ4v) is 4.50. The van der Waals surface area contributed by atoms with Crippen LogP contribution in [0.1, 0.15) is 64.1 Å². The van der Waals surface area contributed by atoms with Gasteiger partial charge in [-0.1, -0.05) is 89.0 Å². The molecule has 36 heavy (non-hydrogen) atoms. The number of nitrogens with one attached hydrogen (secondary N) is 1. The zero-order valence-electron chi connectivity index (χ0n) is 21.7. The molecular weight excluding hydrogens is 489 g/mol. The maximum Gasteiger partial charge on any atom is 0.244 e. The van der Waals surface area contributed by atoms with Crippen LogP contribution < -0.4 is 5.32 Å². The largest absolute Gasteiger partial charge is 0.325 e. The number of carbonyl (C=O) groups excluding carboxylic acids is 1. The predicted octanol–water partition coefficient (Wildman–Crippen LogP) is 8.17. The number of imidazole rings is 1. The number of aromatic nitrogens is 2. The average molecular weight is 523 g/mol. The first-order valence-corrected chi connectivity index (χ1v) is 12.9. The molecule has 0 saturated carbocycles. The average Bonchev–Trinajstić information content (AvgIpc) is 3.11. The van der Waals surface area contributed by atoms with Crippen molar-refractivity contribution in [1.82, 2.24) is 9.55 Å². The number of hydrogen-bond donors (Lipinski definition) is 1. The smallest absolute Gasteiger partial charge is 0.244 e. The molecule has 1 heterocycles. The van der Waals surface area contributed by atoms with Gasteiger partial charge < -0.3 is 9.88 Å². The molecule has 0 aliphatic carbocycles. The van der Waals surface area contributed by atoms with Crippen molar-refractivity contribution in [2.75, 3.05) is 5.32 Å². The SMILES string of the molecule is CC(C)(C)c1cc(NC(=O)Cn2c(Cc3ccc(Cl)c(Cl)c3)nc3ccccc32)cc(C(C)(C)C)c1. The third-order valence-electron chi connectivity index (χ3n) is 6.33. The Kier molecular flexibility index (Phi) is 7.23. The molecule has 188 valence electrons. The van der Waals surface area contributed by atoms with Gasteiger partial charge in [0.25, 0.3) is 0 Å². The number of para-hydroxylation sites is 2. The molecule has 3 aromatic carbocycles. The predicted molar refractivity (Wildman–Crippen MR) is 151 cm³/mol. The van der Waals surface area contributed by atoms with Crippen molar-refractivity contribution in [3.8, 4) is 0 Å². The standard InChI is InChI=1S/C30H33Cl2N3O/c1-29(2,3)20-15-21(30(4,5)6)17-22(16-20)33-28(36)18-35-26-10-8-7-9-25(26)34-27(35)14-19-11-12-23(31)24(32)13-19/h7-13,15-17H,14,18H2,1-6H3,(H,33,36). The Bertz CT molecular complexity index is 1390. The molecule has 1 aromatic heterocycles. The minimum atomic E-state index is -0.0977. The van der Waals surface area contributed by atoms with Crippen LogP contribution in [0.4, 0.5) is 5.69 Å². The Balaban J connectivity index is 1.66. The second-order valence-electron chi connectivity index (χ2n) is 11.4. The maximum absolute atomic E-state index is 13.4. The van der Waals surface area contributed by atoms with Crippen molar-refractivity contribution in [3.05, 3.63) is 93.2 Å². The minimum absolute atomic E-state index is 0.0334. The topological polar surface area (TPSA) is 46.9 Å². The van der Waals surface area contributed by atoms with Gasteiger partial charge in [0.2, 0.25) is 5.91 Å². The van der Waals surface area contributed by atoms with Crippen molar-refractivity contribution in [2.45, 2.75) is 65.3 Å². The molecule has 0 fully saturated rings. The number of anilines is 1. The van der Waals surface area contributed by atoms with Crippen molar-refractivity contribution >= 4 is 45.8 Å². The number of halogens is 2. The molecule has 0 unspecified atom stereocenters. The van der Waals surface area contributed by atoms with E-state index in [4.69, 9.17) is 28.2 Å². The van der Waals surface area contributed by atoms with Crippen LogP contribution in [0.2, 0.25) is 10.0 Å². The second-order valence-corrected chi connectivity index (χ2v) is 12.2. The fraction of sp³-hybridized carbons (Fsp3) is 0.333. The Labute approximate surface area is 223 Å². The van der Waals surface area contributed by atoms with Gasteiger partial charge in [0.15, 0.2) is 0 Å². The molecule has 0 spiro atoms. The van der Waals surface area contributed by atoms with Crippen LogP contribution in [0.15, 0.2) is 60.7 Å². The molecule has 0 bridgehead atoms. The van der Waals surface area contributed by atoms with Crippen molar-refractivity contribution in [2.24, 2.45) is 0 Å². The molecule has 0 aliphatic rings. The molecule has 6 heteroatoms. The molecule has 4 aromatic rings. The summed E-state index contributed by atoms with van der Waals surface area (Å²) in [5.41, 5.74) is 5.88. The van der Waals surface area contributed by atoms with Crippen LogP contribution in [0, 0.1) is 0 Å². The summed E-state index contributed by atoms with van der Waals surface area (Å²) in [7, 11) is 0. The Morgan fingerprint density at radius 1 is 0.861 bits per heavy atom. The number of benzene rings is 3. The minimum Gasteiger partial charge on any atom is -0.325 e. The van der Waals surface area contributed by atoms with Gasteiger partial charge in [0.1, 0.15) is 12.4 Å². The highest BCUT2D eigenvalue weighted by molar-refractivity contribution is 6.42. The summed E-state index contributed by atoms with van der Waals surface area (Å²) in [6, 6.07) is 19.8. The highest BCUT2D eigenvalue weighted by Crippen LogP contribution is 2.32. The van der Waals surface area contributed by atoms with E-state index in [1.54, 1.807) is 6.07 Å². The second kappa shape index (κ2) is 9.91. The first-order valence-electron chi connectivity index (χ1n) is 12.2. The first kappa shape index (κ1) is 26.2. The van der Waals surface area contributed by atoms with E-state index >= 15 is 0 Å². The zero-order valence-corrected chi connectivity index (χ0v) is 23.3. The summed E-state index contributed by atoms with van der Waals surface area (Å²) >= 11 is 12.3. The van der Waals surface area contributed by atoms with Crippen LogP contribution in [-0.4, -0.2) is 15.5 Å². The van der Waals surface area contributed by atoms with Gasteiger partial charge >= 0.3 is 0 Å². The van der Waals surface area contributed by atoms with Crippen LogP contribution in [0.25, 0.3) is 11.0 Å². The summed E-state index contributed by atoms with van der Waals surface area (Å²) in [4.78, 5) is 18.2. The third-order valence-corrected chi connectivity index (χ3v) is 7.07. The van der Waals surface area contributed by atoms with E-state index in [1.807, 2.05) is 41.0 Å². The van der Waals surface area contributed by atoms with Crippen LogP contribution in [-0.2, 0) is 28.6 Å². The maximum atomic E-state index is 13.4. The van der Waals surface area contributed by atoms with Gasteiger partial charge in [-0.05, 0) is 63.9 Å². The van der Waals surface area contributed by atoms with E-state index in [9.17, 15) is 4.79 Å². The highest BCUT2D eigenvalue weighted by atomic mass is 35.5. The van der Waals surface area contributed by atoms with E-state index in [0.29, 0.717) is 16.5 Å². The molecule has 4 rings (SSSR count). The number of carbonyl (C=O) groups is 1. The van der Waals surface area contributed by atoms with Gasteiger partial charge in [-0.2, -0.15) is 0 Å². The molecule has 1 N–H and O–H groups in total. The van der Waals surface area contributed by atoms with Gasteiger partial charge in [-0.3, -0.25) is 4.79 Å². The summed E-state index contributed by atoms with van der Waals surface area (Å²) in [5, 5.41) is 4.17. The van der Waals surface area contributed by atoms with Crippen molar-refractivity contribution in [1.29, 1.82) is 0 Å². The summed E-state index contributed by atoms with van der Waals surface area (Å²) < 4.78 is 1.98. The van der Waals surface area contributed by atoms with Crippen molar-refractivity contribution in [3.63, 3.8) is 0 Å². The summed E-state index contributed by atoms with van der Waals surface area (Å²) in [5.74, 6) is 0.697. The van der Waals surface area contributed by atoms with E-state index < -0.39 is 0 Å². The van der Waals surface area contributed by atoms with E-state index in [-0.39, 0.29) is 23.3 Å². The number of amides is 1. The Morgan fingerprint density at radius 2 is 1.50 bits per heavy atom. The third kappa shape index (κ3) is 5.93. The number of rotatable bonds is 5. The lowest BCUT2D eigenvalue weighted by Crippen LogP contribution is -2.22. The highest BCUT2D eigenvalue weighted by Gasteiger charge is 2.21. The summed E-state index contributed by atoms with van der Waals surface area (Å²) in [6.45, 7) is 13.3. The fourth-order valence-electron chi connectivity index (χ4n) is 4.18. The zero-order chi connectivity index (χ0) is 26.3. The van der Waals surface area contributed by atoms with E-state index in [1.165, 1.54) is 11.1 Å². The van der Waals surface area contributed by atoms with Gasteiger partial charge in [-0.15, -0.1) is 0 Å². The number of hydrogen-bond acceptors (Lipinski definition) is 2. The normalized spacial score (nSPS) is 12.2. The quantitative estimate of drug-likeness (QED) is 0.287. The van der Waals surface area contributed by atoms with Crippen molar-refractivity contribution < 1.29 is 4.79 Å². The molecule has 0 atom stereocenters. The molecule has 1 amide bonds. The molecule has 0 saturated heterocycles. The molecular formula is C30H33Cl2N3O. The van der Waals surface area contributed by atoms with Gasteiger partial charge in [0.05, 0.1) is 21.1 Å². The van der Waals surface area contributed by atoms with E-state index in [2.05, 4.69) is 65.1 Å². The first-order chi connectivity index (χ1) is 16.8. The molecule has 0 aliphatic heterocycles. The Hall–Kier alpha value is -2.82. The van der Waals surface area contributed by atoms with Crippen LogP contribution >= 0.6 is 23.2 Å². The lowest BCUT2D eigenvalue weighted by Gasteiger charge is -2.26. The molecule has 0 radical (unpaired) electrons. The number of fused-ring (bicyclic) bond motifs is 1. The van der Waals surface area contributed by atoms with Crippen LogP contribution in [0.3, 0.4) is 0 Å². The monoisotopic (exact) mass is 521 g/mol. The lowest BCUT2D eigenvalue weighted by molar-refractivity contribution is -0.116. The summed E-state index contributed by atoms with van der Waals surface area (Å²) in [6.07, 6.45) is 0.534. The van der Waals surface area contributed by atoms with Crippen LogP contribution in [0.5, 0.6) is 0 Å². The van der Waals surface area contributed by atoms with Gasteiger partial charge in [-0.25, -0.2) is 4.98 Å². The van der Waals surface area contributed by atoms with E-state index in [0.717, 1.165) is 28.1 Å².